The van der Waals surface area contributed by atoms with Crippen molar-refractivity contribution in [1.82, 2.24) is 10.2 Å². The number of nitrogens with one attached hydrogen (secondary N) is 1. The Bertz CT molecular complexity index is 272. The first kappa shape index (κ1) is 15.7. The van der Waals surface area contributed by atoms with E-state index in [4.69, 9.17) is 4.74 Å². The second kappa shape index (κ2) is 7.28. The van der Waals surface area contributed by atoms with Gasteiger partial charge in [0, 0.05) is 26.2 Å². The van der Waals surface area contributed by atoms with E-state index in [2.05, 4.69) is 5.32 Å². The Hall–Kier alpha value is -0.360. The SMILES string of the molecule is CCN(CC1CCCO1)C(=O)C1CC(O)CN1.Cl. The summed E-state index contributed by atoms with van der Waals surface area (Å²) in [5.41, 5.74) is 0. The molecule has 0 radical (unpaired) electrons. The number of nitrogens with zero attached hydrogens (tertiary/aromatic N) is 1. The largest absolute Gasteiger partial charge is 0.392 e. The van der Waals surface area contributed by atoms with Gasteiger partial charge >= 0.3 is 0 Å². The average Bonchev–Trinajstić information content (AvgIpc) is 2.96. The number of hydrogen-bond acceptors (Lipinski definition) is 4. The minimum Gasteiger partial charge on any atom is -0.392 e. The zero-order chi connectivity index (χ0) is 12.3. The van der Waals surface area contributed by atoms with Crippen LogP contribution in [0, 0.1) is 0 Å². The first-order valence-corrected chi connectivity index (χ1v) is 6.52. The van der Waals surface area contributed by atoms with Gasteiger partial charge in [0.1, 0.15) is 0 Å². The molecule has 106 valence electrons. The van der Waals surface area contributed by atoms with Crippen LogP contribution in [-0.4, -0.2) is 60.4 Å². The van der Waals surface area contributed by atoms with Crippen LogP contribution in [0.15, 0.2) is 0 Å². The Morgan fingerprint density at radius 1 is 1.56 bits per heavy atom. The Morgan fingerprint density at radius 3 is 2.83 bits per heavy atom. The molecule has 2 heterocycles. The minimum absolute atomic E-state index is 0. The normalized spacial score (nSPS) is 31.1. The van der Waals surface area contributed by atoms with Crippen LogP contribution in [0.2, 0.25) is 0 Å². The molecular formula is C12H23ClN2O3. The van der Waals surface area contributed by atoms with Gasteiger partial charge in [-0.25, -0.2) is 0 Å². The Labute approximate surface area is 114 Å². The molecule has 0 aliphatic carbocycles. The van der Waals surface area contributed by atoms with Gasteiger partial charge in [0.2, 0.25) is 5.91 Å². The third-order valence-electron chi connectivity index (χ3n) is 3.55. The number of amides is 1. The number of halogens is 1. The maximum Gasteiger partial charge on any atom is 0.239 e. The van der Waals surface area contributed by atoms with Crippen LogP contribution in [0.25, 0.3) is 0 Å². The maximum atomic E-state index is 12.2. The molecule has 0 aromatic carbocycles. The highest BCUT2D eigenvalue weighted by molar-refractivity contribution is 5.85. The summed E-state index contributed by atoms with van der Waals surface area (Å²) in [7, 11) is 0. The minimum atomic E-state index is -0.384. The van der Waals surface area contributed by atoms with Gasteiger partial charge in [-0.15, -0.1) is 12.4 Å². The number of β-amino-alcohol motifs (C(OH)–C–C–N with tert-alkyl or cyclic N) is 1. The number of hydrogen-bond donors (Lipinski definition) is 2. The predicted octanol–water partition coefficient (Wildman–Crippen LogP) is 0.158. The molecule has 2 aliphatic heterocycles. The lowest BCUT2D eigenvalue weighted by Crippen LogP contribution is -2.46. The number of likely N-dealkylation sites (N-methyl/N-ethyl adjacent to an activating group) is 1. The fraction of sp³-hybridized carbons (Fsp3) is 0.917. The highest BCUT2D eigenvalue weighted by atomic mass is 35.5. The second-order valence-electron chi connectivity index (χ2n) is 4.86. The van der Waals surface area contributed by atoms with Crippen LogP contribution >= 0.6 is 12.4 Å². The van der Waals surface area contributed by atoms with Gasteiger partial charge in [0.25, 0.3) is 0 Å². The number of aliphatic hydroxyl groups is 1. The lowest BCUT2D eigenvalue weighted by molar-refractivity contribution is -0.134. The highest BCUT2D eigenvalue weighted by Crippen LogP contribution is 2.15. The summed E-state index contributed by atoms with van der Waals surface area (Å²) in [6, 6.07) is -0.216. The van der Waals surface area contributed by atoms with Crippen molar-refractivity contribution in [3.05, 3.63) is 0 Å². The zero-order valence-corrected chi connectivity index (χ0v) is 11.6. The molecule has 0 bridgehead atoms. The van der Waals surface area contributed by atoms with E-state index in [1.54, 1.807) is 0 Å². The average molecular weight is 279 g/mol. The third-order valence-corrected chi connectivity index (χ3v) is 3.55. The number of ether oxygens (including phenoxy) is 1. The lowest BCUT2D eigenvalue weighted by atomic mass is 10.1. The number of aliphatic hydroxyl groups excluding tert-OH is 1. The van der Waals surface area contributed by atoms with E-state index in [0.29, 0.717) is 26.1 Å². The van der Waals surface area contributed by atoms with Crippen molar-refractivity contribution in [2.45, 2.75) is 44.4 Å². The van der Waals surface area contributed by atoms with E-state index >= 15 is 0 Å². The quantitative estimate of drug-likeness (QED) is 0.769. The van der Waals surface area contributed by atoms with Gasteiger partial charge in [0.15, 0.2) is 0 Å². The van der Waals surface area contributed by atoms with Crippen LogP contribution in [0.3, 0.4) is 0 Å². The zero-order valence-electron chi connectivity index (χ0n) is 10.8. The predicted molar refractivity (Wildman–Crippen MR) is 70.9 cm³/mol. The van der Waals surface area contributed by atoms with E-state index in [1.165, 1.54) is 0 Å². The molecule has 5 nitrogen and oxygen atoms in total. The summed E-state index contributed by atoms with van der Waals surface area (Å²) in [4.78, 5) is 14.0. The van der Waals surface area contributed by atoms with Crippen molar-refractivity contribution in [3.8, 4) is 0 Å². The smallest absolute Gasteiger partial charge is 0.239 e. The Balaban J connectivity index is 0.00000162. The van der Waals surface area contributed by atoms with Crippen LogP contribution in [0.1, 0.15) is 26.2 Å². The van der Waals surface area contributed by atoms with Gasteiger partial charge in [-0.1, -0.05) is 0 Å². The Morgan fingerprint density at radius 2 is 2.33 bits per heavy atom. The third kappa shape index (κ3) is 3.82. The van der Waals surface area contributed by atoms with E-state index in [-0.39, 0.29) is 36.6 Å². The fourth-order valence-corrected chi connectivity index (χ4v) is 2.53. The molecule has 3 unspecified atom stereocenters. The van der Waals surface area contributed by atoms with Gasteiger partial charge in [-0.3, -0.25) is 4.79 Å². The van der Waals surface area contributed by atoms with Crippen molar-refractivity contribution in [3.63, 3.8) is 0 Å². The van der Waals surface area contributed by atoms with Gasteiger partial charge in [0.05, 0.1) is 18.2 Å². The summed E-state index contributed by atoms with van der Waals surface area (Å²) in [6.45, 7) is 4.71. The van der Waals surface area contributed by atoms with Gasteiger partial charge in [-0.2, -0.15) is 0 Å². The maximum absolute atomic E-state index is 12.2. The van der Waals surface area contributed by atoms with E-state index in [1.807, 2.05) is 11.8 Å². The number of rotatable bonds is 4. The molecule has 2 saturated heterocycles. The van der Waals surface area contributed by atoms with Crippen LogP contribution < -0.4 is 5.32 Å². The van der Waals surface area contributed by atoms with Crippen LogP contribution in [0.4, 0.5) is 0 Å². The molecule has 2 fully saturated rings. The summed E-state index contributed by atoms with van der Waals surface area (Å²) >= 11 is 0. The van der Waals surface area contributed by atoms with E-state index in [9.17, 15) is 9.90 Å². The van der Waals surface area contributed by atoms with Crippen LogP contribution in [-0.2, 0) is 9.53 Å². The van der Waals surface area contributed by atoms with Crippen molar-refractivity contribution >= 4 is 18.3 Å². The summed E-state index contributed by atoms with van der Waals surface area (Å²) in [5, 5.41) is 12.5. The summed E-state index contributed by atoms with van der Waals surface area (Å²) in [6.07, 6.45) is 2.48. The molecule has 1 amide bonds. The molecule has 0 saturated carbocycles. The Kier molecular flexibility index (Phi) is 6.35. The van der Waals surface area contributed by atoms with Crippen molar-refractivity contribution in [2.24, 2.45) is 0 Å². The number of carbonyl (C=O) groups excluding carboxylic acids is 1. The van der Waals surface area contributed by atoms with Crippen LogP contribution in [0.5, 0.6) is 0 Å². The molecular weight excluding hydrogens is 256 g/mol. The molecule has 6 heteroatoms. The molecule has 2 rings (SSSR count). The highest BCUT2D eigenvalue weighted by Gasteiger charge is 2.32. The molecule has 2 N–H and O–H groups in total. The second-order valence-corrected chi connectivity index (χ2v) is 4.86. The molecule has 2 aliphatic rings. The van der Waals surface area contributed by atoms with Crippen molar-refractivity contribution < 1.29 is 14.6 Å². The van der Waals surface area contributed by atoms with Crippen molar-refractivity contribution in [1.29, 1.82) is 0 Å². The molecule has 0 spiro atoms. The fourth-order valence-electron chi connectivity index (χ4n) is 2.53. The van der Waals surface area contributed by atoms with Gasteiger partial charge < -0.3 is 20.1 Å². The van der Waals surface area contributed by atoms with Gasteiger partial charge in [-0.05, 0) is 26.2 Å². The van der Waals surface area contributed by atoms with E-state index < -0.39 is 0 Å². The molecule has 3 atom stereocenters. The molecule has 0 aromatic heterocycles. The first-order chi connectivity index (χ1) is 8.20. The first-order valence-electron chi connectivity index (χ1n) is 6.52. The summed E-state index contributed by atoms with van der Waals surface area (Å²) in [5.74, 6) is 0.0968. The standard InChI is InChI=1S/C12H22N2O3.ClH/c1-2-14(8-10-4-3-5-17-10)12(16)11-6-9(15)7-13-11;/h9-11,13,15H,2-8H2,1H3;1H. The summed E-state index contributed by atoms with van der Waals surface area (Å²) < 4.78 is 5.56. The van der Waals surface area contributed by atoms with Crippen molar-refractivity contribution in [2.75, 3.05) is 26.2 Å². The lowest BCUT2D eigenvalue weighted by Gasteiger charge is -2.26. The topological polar surface area (TPSA) is 61.8 Å². The van der Waals surface area contributed by atoms with E-state index in [0.717, 1.165) is 19.4 Å². The number of carbonyl (C=O) groups is 1. The monoisotopic (exact) mass is 278 g/mol. The molecule has 0 aromatic rings. The molecule has 18 heavy (non-hydrogen) atoms.